The Morgan fingerprint density at radius 2 is 1.65 bits per heavy atom. The van der Waals surface area contributed by atoms with Crippen LogP contribution in [0.3, 0.4) is 0 Å². The maximum Gasteiger partial charge on any atom is 0.255 e. The zero-order valence-corrected chi connectivity index (χ0v) is 11.3. The number of nitrogens with zero attached hydrogens (tertiary/aromatic N) is 1. The second-order valence-corrected chi connectivity index (χ2v) is 4.90. The molecule has 0 unspecified atom stereocenters. The molecule has 1 fully saturated rings. The van der Waals surface area contributed by atoms with E-state index in [4.69, 9.17) is 4.74 Å². The summed E-state index contributed by atoms with van der Waals surface area (Å²) >= 11 is 0. The topological polar surface area (TPSA) is 29.5 Å². The van der Waals surface area contributed by atoms with Gasteiger partial charge in [0.1, 0.15) is 6.73 Å². The lowest BCUT2D eigenvalue weighted by Crippen LogP contribution is -2.38. The zero-order valence-electron chi connectivity index (χ0n) is 11.3. The van der Waals surface area contributed by atoms with Crippen molar-refractivity contribution in [3.8, 4) is 11.1 Å². The van der Waals surface area contributed by atoms with E-state index in [9.17, 15) is 4.79 Å². The first-order valence-electron chi connectivity index (χ1n) is 6.87. The number of rotatable bonds is 2. The van der Waals surface area contributed by atoms with E-state index in [2.05, 4.69) is 12.1 Å². The summed E-state index contributed by atoms with van der Waals surface area (Å²) in [6.07, 6.45) is 0.911. The molecular formula is C17H17NO2. The number of hydrogen-bond donors (Lipinski definition) is 0. The van der Waals surface area contributed by atoms with Crippen LogP contribution in [0, 0.1) is 0 Å². The van der Waals surface area contributed by atoms with Crippen LogP contribution in [-0.4, -0.2) is 30.7 Å². The monoisotopic (exact) mass is 267 g/mol. The summed E-state index contributed by atoms with van der Waals surface area (Å²) in [6, 6.07) is 17.9. The van der Waals surface area contributed by atoms with Crippen LogP contribution >= 0.6 is 0 Å². The highest BCUT2D eigenvalue weighted by Crippen LogP contribution is 2.20. The molecule has 0 aromatic heterocycles. The van der Waals surface area contributed by atoms with Crippen molar-refractivity contribution in [1.82, 2.24) is 4.90 Å². The molecule has 3 rings (SSSR count). The van der Waals surface area contributed by atoms with E-state index in [-0.39, 0.29) is 5.91 Å². The molecule has 0 bridgehead atoms. The van der Waals surface area contributed by atoms with Gasteiger partial charge < -0.3 is 9.64 Å². The molecule has 0 atom stereocenters. The molecule has 1 aliphatic rings. The molecule has 0 N–H and O–H groups in total. The molecule has 3 nitrogen and oxygen atoms in total. The van der Waals surface area contributed by atoms with Gasteiger partial charge in [-0.15, -0.1) is 0 Å². The normalized spacial score (nSPS) is 15.1. The lowest BCUT2D eigenvalue weighted by Gasteiger charge is -2.26. The highest BCUT2D eigenvalue weighted by molar-refractivity contribution is 5.94. The SMILES string of the molecule is O=C(c1ccc(-c2ccccc2)cc1)N1CCCOC1. The smallest absolute Gasteiger partial charge is 0.255 e. The fraction of sp³-hybridized carbons (Fsp3) is 0.235. The Kier molecular flexibility index (Phi) is 3.79. The number of hydrogen-bond acceptors (Lipinski definition) is 2. The lowest BCUT2D eigenvalue weighted by molar-refractivity contribution is -0.00571. The van der Waals surface area contributed by atoms with Gasteiger partial charge in [0.15, 0.2) is 0 Å². The van der Waals surface area contributed by atoms with Crippen LogP contribution in [0.5, 0.6) is 0 Å². The summed E-state index contributed by atoms with van der Waals surface area (Å²) in [6.45, 7) is 1.93. The van der Waals surface area contributed by atoms with Gasteiger partial charge in [-0.2, -0.15) is 0 Å². The number of ether oxygens (including phenoxy) is 1. The van der Waals surface area contributed by atoms with E-state index in [0.29, 0.717) is 6.73 Å². The quantitative estimate of drug-likeness (QED) is 0.836. The molecule has 2 aromatic rings. The molecule has 20 heavy (non-hydrogen) atoms. The van der Waals surface area contributed by atoms with Gasteiger partial charge in [-0.3, -0.25) is 4.79 Å². The van der Waals surface area contributed by atoms with E-state index in [1.54, 1.807) is 4.90 Å². The second-order valence-electron chi connectivity index (χ2n) is 4.90. The van der Waals surface area contributed by atoms with Gasteiger partial charge in [0.2, 0.25) is 0 Å². The van der Waals surface area contributed by atoms with Crippen molar-refractivity contribution < 1.29 is 9.53 Å². The van der Waals surface area contributed by atoms with Crippen molar-refractivity contribution in [2.45, 2.75) is 6.42 Å². The summed E-state index contributed by atoms with van der Waals surface area (Å²) in [4.78, 5) is 14.0. The lowest BCUT2D eigenvalue weighted by atomic mass is 10.0. The van der Waals surface area contributed by atoms with Crippen LogP contribution in [0.4, 0.5) is 0 Å². The maximum absolute atomic E-state index is 12.3. The standard InChI is InChI=1S/C17H17NO2/c19-17(18-11-4-12-20-13-18)16-9-7-15(8-10-16)14-5-2-1-3-6-14/h1-3,5-10H,4,11-13H2. The number of benzene rings is 2. The van der Waals surface area contributed by atoms with Gasteiger partial charge in [-0.05, 0) is 29.7 Å². The first-order chi connectivity index (χ1) is 9.84. The van der Waals surface area contributed by atoms with Gasteiger partial charge in [0.05, 0.1) is 6.61 Å². The van der Waals surface area contributed by atoms with Gasteiger partial charge >= 0.3 is 0 Å². The second kappa shape index (κ2) is 5.88. The molecule has 0 aliphatic carbocycles. The molecule has 102 valence electrons. The van der Waals surface area contributed by atoms with E-state index < -0.39 is 0 Å². The van der Waals surface area contributed by atoms with Gasteiger partial charge in [0.25, 0.3) is 5.91 Å². The van der Waals surface area contributed by atoms with E-state index in [1.165, 1.54) is 0 Å². The number of amides is 1. The molecule has 1 heterocycles. The molecule has 1 saturated heterocycles. The predicted octanol–water partition coefficient (Wildman–Crippen LogP) is 3.17. The summed E-state index contributed by atoms with van der Waals surface area (Å²) in [7, 11) is 0. The largest absolute Gasteiger partial charge is 0.361 e. The van der Waals surface area contributed by atoms with Crippen molar-refractivity contribution >= 4 is 5.91 Å². The van der Waals surface area contributed by atoms with Crippen LogP contribution in [0.2, 0.25) is 0 Å². The minimum atomic E-state index is 0.0457. The van der Waals surface area contributed by atoms with Gasteiger partial charge in [-0.1, -0.05) is 42.5 Å². The molecule has 0 radical (unpaired) electrons. The fourth-order valence-electron chi connectivity index (χ4n) is 2.38. The minimum Gasteiger partial charge on any atom is -0.361 e. The summed E-state index contributed by atoms with van der Waals surface area (Å²) in [5.41, 5.74) is 3.00. The average Bonchev–Trinajstić information content (AvgIpc) is 2.56. The molecule has 1 amide bonds. The van der Waals surface area contributed by atoms with Crippen LogP contribution in [0.15, 0.2) is 54.6 Å². The third-order valence-electron chi connectivity index (χ3n) is 3.49. The molecular weight excluding hydrogens is 250 g/mol. The number of carbonyl (C=O) groups is 1. The average molecular weight is 267 g/mol. The Balaban J connectivity index is 1.77. The van der Waals surface area contributed by atoms with E-state index in [0.717, 1.165) is 36.3 Å². The van der Waals surface area contributed by atoms with E-state index >= 15 is 0 Å². The van der Waals surface area contributed by atoms with E-state index in [1.807, 2.05) is 42.5 Å². The Morgan fingerprint density at radius 1 is 0.950 bits per heavy atom. The third kappa shape index (κ3) is 2.73. The molecule has 1 aliphatic heterocycles. The molecule has 2 aromatic carbocycles. The maximum atomic E-state index is 12.3. The zero-order chi connectivity index (χ0) is 13.8. The van der Waals surface area contributed by atoms with Crippen molar-refractivity contribution in [3.63, 3.8) is 0 Å². The summed E-state index contributed by atoms with van der Waals surface area (Å²) in [5.74, 6) is 0.0457. The summed E-state index contributed by atoms with van der Waals surface area (Å²) in [5, 5.41) is 0. The Labute approximate surface area is 118 Å². The summed E-state index contributed by atoms with van der Waals surface area (Å²) < 4.78 is 5.32. The predicted molar refractivity (Wildman–Crippen MR) is 78.4 cm³/mol. The van der Waals surface area contributed by atoms with Crippen molar-refractivity contribution in [3.05, 3.63) is 60.2 Å². The molecule has 0 spiro atoms. The van der Waals surface area contributed by atoms with Gasteiger partial charge in [-0.25, -0.2) is 0 Å². The highest BCUT2D eigenvalue weighted by Gasteiger charge is 2.18. The van der Waals surface area contributed by atoms with Gasteiger partial charge in [0, 0.05) is 12.1 Å². The first-order valence-corrected chi connectivity index (χ1v) is 6.87. The molecule has 3 heteroatoms. The minimum absolute atomic E-state index is 0.0457. The van der Waals surface area contributed by atoms with Crippen LogP contribution in [0.25, 0.3) is 11.1 Å². The van der Waals surface area contributed by atoms with Crippen LogP contribution in [-0.2, 0) is 4.74 Å². The Morgan fingerprint density at radius 3 is 2.30 bits per heavy atom. The third-order valence-corrected chi connectivity index (χ3v) is 3.49. The highest BCUT2D eigenvalue weighted by atomic mass is 16.5. The Bertz CT molecular complexity index is 572. The van der Waals surface area contributed by atoms with Crippen LogP contribution < -0.4 is 0 Å². The van der Waals surface area contributed by atoms with Crippen molar-refractivity contribution in [2.75, 3.05) is 19.9 Å². The van der Waals surface area contributed by atoms with Crippen molar-refractivity contribution in [2.24, 2.45) is 0 Å². The Hall–Kier alpha value is -2.13. The fourth-order valence-corrected chi connectivity index (χ4v) is 2.38. The number of carbonyl (C=O) groups excluding carboxylic acids is 1. The van der Waals surface area contributed by atoms with Crippen LogP contribution in [0.1, 0.15) is 16.8 Å². The molecule has 0 saturated carbocycles. The first kappa shape index (κ1) is 12.9. The van der Waals surface area contributed by atoms with Crippen molar-refractivity contribution in [1.29, 1.82) is 0 Å².